The number of hydrogen-bond acceptors (Lipinski definition) is 3. The molecule has 4 nitrogen and oxygen atoms in total. The summed E-state index contributed by atoms with van der Waals surface area (Å²) in [6.45, 7) is 0.388. The van der Waals surface area contributed by atoms with E-state index in [9.17, 15) is 9.90 Å². The fourth-order valence-corrected chi connectivity index (χ4v) is 3.59. The van der Waals surface area contributed by atoms with E-state index in [1.807, 2.05) is 29.6 Å². The van der Waals surface area contributed by atoms with E-state index in [1.54, 1.807) is 23.3 Å². The lowest BCUT2D eigenvalue weighted by molar-refractivity contribution is 0.112. The molecule has 1 heterocycles. The Bertz CT molecular complexity index is 641. The summed E-state index contributed by atoms with van der Waals surface area (Å²) in [5.74, 6) is 0.373. The molecule has 3 rings (SSSR count). The van der Waals surface area contributed by atoms with Crippen LogP contribution in [0.4, 0.5) is 4.79 Å². The molecule has 1 aromatic carbocycles. The molecule has 128 valence electrons. The van der Waals surface area contributed by atoms with Gasteiger partial charge in [-0.05, 0) is 42.2 Å². The van der Waals surface area contributed by atoms with E-state index in [-0.39, 0.29) is 12.1 Å². The number of rotatable bonds is 7. The summed E-state index contributed by atoms with van der Waals surface area (Å²) >= 11 is 1.65. The Morgan fingerprint density at radius 2 is 2.04 bits per heavy atom. The Balaban J connectivity index is 1.63. The van der Waals surface area contributed by atoms with Gasteiger partial charge in [0.1, 0.15) is 0 Å². The molecule has 0 radical (unpaired) electrons. The summed E-state index contributed by atoms with van der Waals surface area (Å²) < 4.78 is 0. The van der Waals surface area contributed by atoms with Crippen molar-refractivity contribution in [2.75, 3.05) is 13.6 Å². The van der Waals surface area contributed by atoms with Crippen molar-refractivity contribution in [3.05, 3.63) is 58.3 Å². The maximum absolute atomic E-state index is 12.5. The van der Waals surface area contributed by atoms with E-state index in [0.717, 1.165) is 24.1 Å². The quantitative estimate of drug-likeness (QED) is 0.808. The fraction of sp³-hybridized carbons (Fsp3) is 0.421. The Labute approximate surface area is 147 Å². The van der Waals surface area contributed by atoms with Crippen molar-refractivity contribution >= 4 is 17.4 Å². The zero-order valence-electron chi connectivity index (χ0n) is 13.9. The third-order valence-electron chi connectivity index (χ3n) is 4.44. The van der Waals surface area contributed by atoms with Crippen molar-refractivity contribution in [1.29, 1.82) is 0 Å². The van der Waals surface area contributed by atoms with Crippen molar-refractivity contribution in [3.63, 3.8) is 0 Å². The van der Waals surface area contributed by atoms with E-state index >= 15 is 0 Å². The number of carbonyl (C=O) groups excluding carboxylic acids is 1. The average molecular weight is 344 g/mol. The molecule has 2 atom stereocenters. The molecule has 1 aromatic heterocycles. The maximum Gasteiger partial charge on any atom is 0.317 e. The minimum atomic E-state index is -0.407. The molecule has 2 unspecified atom stereocenters. The SMILES string of the molecule is CN(CC(O)C1CC1)C(=O)NC(Cc1ccccc1)c1cccs1. The summed E-state index contributed by atoms with van der Waals surface area (Å²) in [7, 11) is 1.74. The smallest absolute Gasteiger partial charge is 0.317 e. The van der Waals surface area contributed by atoms with Gasteiger partial charge < -0.3 is 15.3 Å². The molecule has 0 spiro atoms. The highest BCUT2D eigenvalue weighted by atomic mass is 32.1. The van der Waals surface area contributed by atoms with Crippen LogP contribution in [-0.2, 0) is 6.42 Å². The molecule has 1 aliphatic carbocycles. The first kappa shape index (κ1) is 17.0. The molecular weight excluding hydrogens is 320 g/mol. The van der Waals surface area contributed by atoms with Crippen molar-refractivity contribution in [3.8, 4) is 0 Å². The van der Waals surface area contributed by atoms with Crippen LogP contribution in [0.15, 0.2) is 47.8 Å². The normalized spacial score (nSPS) is 16.4. The van der Waals surface area contributed by atoms with Crippen LogP contribution in [0, 0.1) is 5.92 Å². The third kappa shape index (κ3) is 4.58. The summed E-state index contributed by atoms with van der Waals surface area (Å²) in [6, 6.07) is 14.0. The minimum absolute atomic E-state index is 0.0552. The first-order valence-corrected chi connectivity index (χ1v) is 9.28. The van der Waals surface area contributed by atoms with Crippen LogP contribution in [-0.4, -0.2) is 35.7 Å². The Morgan fingerprint density at radius 1 is 1.29 bits per heavy atom. The van der Waals surface area contributed by atoms with Crippen molar-refractivity contribution in [2.24, 2.45) is 5.92 Å². The minimum Gasteiger partial charge on any atom is -0.391 e. The van der Waals surface area contributed by atoms with Gasteiger partial charge in [-0.2, -0.15) is 0 Å². The Hall–Kier alpha value is -1.85. The highest BCUT2D eigenvalue weighted by molar-refractivity contribution is 7.10. The van der Waals surface area contributed by atoms with Crippen molar-refractivity contribution in [1.82, 2.24) is 10.2 Å². The lowest BCUT2D eigenvalue weighted by atomic mass is 10.0. The number of hydrogen-bond donors (Lipinski definition) is 2. The first-order valence-electron chi connectivity index (χ1n) is 8.40. The van der Waals surface area contributed by atoms with Crippen LogP contribution in [0.1, 0.15) is 29.3 Å². The number of urea groups is 1. The molecule has 0 bridgehead atoms. The van der Waals surface area contributed by atoms with Crippen molar-refractivity contribution in [2.45, 2.75) is 31.4 Å². The van der Waals surface area contributed by atoms with Gasteiger partial charge in [0.05, 0.1) is 12.1 Å². The first-order chi connectivity index (χ1) is 11.6. The van der Waals surface area contributed by atoms with Crippen LogP contribution in [0.3, 0.4) is 0 Å². The van der Waals surface area contributed by atoms with Gasteiger partial charge in [0.15, 0.2) is 0 Å². The topological polar surface area (TPSA) is 52.6 Å². The van der Waals surface area contributed by atoms with Crippen LogP contribution in [0.5, 0.6) is 0 Å². The second-order valence-corrected chi connectivity index (χ2v) is 7.47. The summed E-state index contributed by atoms with van der Waals surface area (Å²) in [5.41, 5.74) is 1.19. The van der Waals surface area contributed by atoms with Crippen LogP contribution >= 0.6 is 11.3 Å². The molecule has 1 fully saturated rings. The van der Waals surface area contributed by atoms with Gasteiger partial charge >= 0.3 is 6.03 Å². The molecular formula is C19H24N2O2S. The number of nitrogens with zero attached hydrogens (tertiary/aromatic N) is 1. The van der Waals surface area contributed by atoms with Crippen molar-refractivity contribution < 1.29 is 9.90 Å². The number of thiophene rings is 1. The Morgan fingerprint density at radius 3 is 2.67 bits per heavy atom. The van der Waals surface area contributed by atoms with Crippen LogP contribution < -0.4 is 5.32 Å². The lowest BCUT2D eigenvalue weighted by Crippen LogP contribution is -2.43. The predicted octanol–water partition coefficient (Wildman–Crippen LogP) is 3.44. The number of likely N-dealkylation sites (N-methyl/N-ethyl adjacent to an activating group) is 1. The molecule has 2 amide bonds. The standard InChI is InChI=1S/C19H24N2O2S/c1-21(13-17(22)15-9-10-15)19(23)20-16(18-8-5-11-24-18)12-14-6-3-2-4-7-14/h2-8,11,15-17,22H,9-10,12-13H2,1H3,(H,20,23). The number of aliphatic hydroxyl groups is 1. The van der Waals surface area contributed by atoms with Gasteiger partial charge in [0.2, 0.25) is 0 Å². The van der Waals surface area contributed by atoms with E-state index in [2.05, 4.69) is 23.5 Å². The number of aliphatic hydroxyl groups excluding tert-OH is 1. The molecule has 5 heteroatoms. The van der Waals surface area contributed by atoms with Gasteiger partial charge in [-0.15, -0.1) is 11.3 Å². The predicted molar refractivity (Wildman–Crippen MR) is 97.1 cm³/mol. The van der Waals surface area contributed by atoms with Gasteiger partial charge in [-0.3, -0.25) is 0 Å². The van der Waals surface area contributed by atoms with E-state index in [0.29, 0.717) is 12.5 Å². The fourth-order valence-electron chi connectivity index (χ4n) is 2.81. The van der Waals surface area contributed by atoms with Gasteiger partial charge in [0, 0.05) is 18.5 Å². The molecule has 1 aliphatic rings. The van der Waals surface area contributed by atoms with Crippen LogP contribution in [0.2, 0.25) is 0 Å². The highest BCUT2D eigenvalue weighted by Crippen LogP contribution is 2.32. The van der Waals surface area contributed by atoms with Gasteiger partial charge in [-0.25, -0.2) is 4.79 Å². The largest absolute Gasteiger partial charge is 0.391 e. The third-order valence-corrected chi connectivity index (χ3v) is 5.43. The Kier molecular flexibility index (Phi) is 5.53. The number of amides is 2. The zero-order chi connectivity index (χ0) is 16.9. The molecule has 24 heavy (non-hydrogen) atoms. The molecule has 0 saturated heterocycles. The summed E-state index contributed by atoms with van der Waals surface area (Å²) in [5, 5.41) is 15.2. The monoisotopic (exact) mass is 344 g/mol. The molecule has 0 aliphatic heterocycles. The van der Waals surface area contributed by atoms with Crippen LogP contribution in [0.25, 0.3) is 0 Å². The van der Waals surface area contributed by atoms with E-state index in [4.69, 9.17) is 0 Å². The average Bonchev–Trinajstić information content (AvgIpc) is 3.30. The molecule has 2 aromatic rings. The second kappa shape index (κ2) is 7.81. The van der Waals surface area contributed by atoms with E-state index < -0.39 is 6.10 Å². The van der Waals surface area contributed by atoms with Gasteiger partial charge in [0.25, 0.3) is 0 Å². The van der Waals surface area contributed by atoms with Gasteiger partial charge in [-0.1, -0.05) is 36.4 Å². The summed E-state index contributed by atoms with van der Waals surface area (Å²) in [6.07, 6.45) is 2.49. The maximum atomic E-state index is 12.5. The van der Waals surface area contributed by atoms with E-state index in [1.165, 1.54) is 5.56 Å². The number of benzene rings is 1. The lowest BCUT2D eigenvalue weighted by Gasteiger charge is -2.25. The molecule has 2 N–H and O–H groups in total. The number of nitrogens with one attached hydrogen (secondary N) is 1. The zero-order valence-corrected chi connectivity index (χ0v) is 14.7. The molecule has 1 saturated carbocycles. The highest BCUT2D eigenvalue weighted by Gasteiger charge is 2.31. The number of carbonyl (C=O) groups is 1. The second-order valence-electron chi connectivity index (χ2n) is 6.49. The summed E-state index contributed by atoms with van der Waals surface area (Å²) in [4.78, 5) is 15.3.